The molecule has 1 aromatic carbocycles. The number of hydrogen-bond acceptors (Lipinski definition) is 3. The van der Waals surface area contributed by atoms with Crippen LogP contribution in [-0.4, -0.2) is 23.4 Å². The maximum Gasteiger partial charge on any atom is 0.231 e. The summed E-state index contributed by atoms with van der Waals surface area (Å²) in [5, 5.41) is 8.98. The quantitative estimate of drug-likeness (QED) is 0.852. The number of benzene rings is 1. The van der Waals surface area contributed by atoms with Gasteiger partial charge in [0.05, 0.1) is 11.5 Å². The molecule has 0 aromatic heterocycles. The first kappa shape index (κ1) is 14.5. The minimum atomic E-state index is -0.522. The molecule has 1 aliphatic carbocycles. The van der Waals surface area contributed by atoms with Gasteiger partial charge in [0, 0.05) is 12.6 Å². The fraction of sp³-hybridized carbons (Fsp3) is 0.500. The van der Waals surface area contributed by atoms with E-state index in [1.165, 1.54) is 0 Å². The molecule has 1 fully saturated rings. The van der Waals surface area contributed by atoms with E-state index >= 15 is 0 Å². The smallest absolute Gasteiger partial charge is 0.231 e. The Labute approximate surface area is 120 Å². The van der Waals surface area contributed by atoms with Gasteiger partial charge in [-0.25, -0.2) is 0 Å². The van der Waals surface area contributed by atoms with Crippen molar-refractivity contribution < 1.29 is 4.79 Å². The SMILES string of the molecule is CC1(C(=O)N(CC#N)Cc2ccccc2)CCCC1N. The van der Waals surface area contributed by atoms with Crippen LogP contribution in [0.25, 0.3) is 0 Å². The number of amides is 1. The summed E-state index contributed by atoms with van der Waals surface area (Å²) in [5.41, 5.74) is 6.62. The molecule has 4 nitrogen and oxygen atoms in total. The van der Waals surface area contributed by atoms with Crippen LogP contribution in [0.1, 0.15) is 31.7 Å². The van der Waals surface area contributed by atoms with Crippen molar-refractivity contribution in [2.24, 2.45) is 11.1 Å². The first-order chi connectivity index (χ1) is 9.58. The fourth-order valence-electron chi connectivity index (χ4n) is 2.91. The Balaban J connectivity index is 2.16. The van der Waals surface area contributed by atoms with Crippen LogP contribution in [0.3, 0.4) is 0 Å². The van der Waals surface area contributed by atoms with Crippen molar-refractivity contribution in [3.05, 3.63) is 35.9 Å². The Bertz CT molecular complexity index is 508. The number of nitrogens with zero attached hydrogens (tertiary/aromatic N) is 2. The average molecular weight is 271 g/mol. The van der Waals surface area contributed by atoms with Crippen molar-refractivity contribution in [1.82, 2.24) is 4.90 Å². The third-order valence-corrected chi connectivity index (χ3v) is 4.28. The molecule has 20 heavy (non-hydrogen) atoms. The lowest BCUT2D eigenvalue weighted by Crippen LogP contribution is -2.49. The van der Waals surface area contributed by atoms with Gasteiger partial charge in [-0.1, -0.05) is 36.8 Å². The molecule has 4 heteroatoms. The summed E-state index contributed by atoms with van der Waals surface area (Å²) in [4.78, 5) is 14.4. The first-order valence-electron chi connectivity index (χ1n) is 7.04. The predicted molar refractivity (Wildman–Crippen MR) is 77.4 cm³/mol. The summed E-state index contributed by atoms with van der Waals surface area (Å²) in [6.07, 6.45) is 2.67. The Kier molecular flexibility index (Phi) is 4.41. The van der Waals surface area contributed by atoms with Crippen molar-refractivity contribution in [3.63, 3.8) is 0 Å². The van der Waals surface area contributed by atoms with Gasteiger partial charge < -0.3 is 10.6 Å². The van der Waals surface area contributed by atoms with Gasteiger partial charge in [-0.15, -0.1) is 0 Å². The molecule has 0 saturated heterocycles. The number of nitrogens with two attached hydrogens (primary N) is 1. The van der Waals surface area contributed by atoms with Crippen LogP contribution in [0.5, 0.6) is 0 Å². The van der Waals surface area contributed by atoms with Gasteiger partial charge in [-0.2, -0.15) is 5.26 Å². The molecule has 106 valence electrons. The molecule has 0 radical (unpaired) electrons. The number of carbonyl (C=O) groups is 1. The second-order valence-electron chi connectivity index (χ2n) is 5.72. The van der Waals surface area contributed by atoms with Gasteiger partial charge in [0.2, 0.25) is 5.91 Å². The van der Waals surface area contributed by atoms with E-state index in [0.717, 1.165) is 24.8 Å². The van der Waals surface area contributed by atoms with Crippen LogP contribution in [0.2, 0.25) is 0 Å². The van der Waals surface area contributed by atoms with E-state index in [9.17, 15) is 4.79 Å². The van der Waals surface area contributed by atoms with E-state index in [1.807, 2.05) is 37.3 Å². The Morgan fingerprint density at radius 1 is 1.50 bits per heavy atom. The van der Waals surface area contributed by atoms with Gasteiger partial charge in [-0.05, 0) is 25.3 Å². The Morgan fingerprint density at radius 2 is 2.20 bits per heavy atom. The highest BCUT2D eigenvalue weighted by Gasteiger charge is 2.45. The normalized spacial score (nSPS) is 25.1. The summed E-state index contributed by atoms with van der Waals surface area (Å²) in [7, 11) is 0. The van der Waals surface area contributed by atoms with Crippen molar-refractivity contribution in [1.29, 1.82) is 5.26 Å². The van der Waals surface area contributed by atoms with E-state index in [-0.39, 0.29) is 18.5 Å². The number of rotatable bonds is 4. The van der Waals surface area contributed by atoms with Gasteiger partial charge in [0.1, 0.15) is 6.54 Å². The lowest BCUT2D eigenvalue weighted by molar-refractivity contribution is -0.141. The first-order valence-corrected chi connectivity index (χ1v) is 7.04. The molecule has 0 spiro atoms. The fourth-order valence-corrected chi connectivity index (χ4v) is 2.91. The van der Waals surface area contributed by atoms with Crippen LogP contribution in [0, 0.1) is 16.7 Å². The lowest BCUT2D eigenvalue weighted by atomic mass is 9.83. The van der Waals surface area contributed by atoms with Gasteiger partial charge >= 0.3 is 0 Å². The minimum absolute atomic E-state index is 0.00732. The topological polar surface area (TPSA) is 70.1 Å². The van der Waals surface area contributed by atoms with Crippen molar-refractivity contribution in [3.8, 4) is 6.07 Å². The highest BCUT2D eigenvalue weighted by molar-refractivity contribution is 5.83. The van der Waals surface area contributed by atoms with Crippen LogP contribution in [0.4, 0.5) is 0 Å². The lowest BCUT2D eigenvalue weighted by Gasteiger charge is -2.33. The molecular formula is C16H21N3O. The molecule has 1 saturated carbocycles. The predicted octanol–water partition coefficient (Wildman–Crippen LogP) is 2.06. The number of nitriles is 1. The van der Waals surface area contributed by atoms with E-state index in [2.05, 4.69) is 6.07 Å². The second-order valence-corrected chi connectivity index (χ2v) is 5.72. The standard InChI is InChI=1S/C16H21N3O/c1-16(9-5-8-14(16)18)15(20)19(11-10-17)12-13-6-3-2-4-7-13/h2-4,6-7,14H,5,8-9,11-12,18H2,1H3. The zero-order valence-corrected chi connectivity index (χ0v) is 11.9. The zero-order chi connectivity index (χ0) is 14.6. The van der Waals surface area contributed by atoms with Crippen molar-refractivity contribution >= 4 is 5.91 Å². The minimum Gasteiger partial charge on any atom is -0.327 e. The summed E-state index contributed by atoms with van der Waals surface area (Å²) in [6.45, 7) is 2.51. The molecule has 2 rings (SSSR count). The van der Waals surface area contributed by atoms with Crippen LogP contribution in [-0.2, 0) is 11.3 Å². The maximum absolute atomic E-state index is 12.8. The second kappa shape index (κ2) is 6.06. The largest absolute Gasteiger partial charge is 0.327 e. The molecular weight excluding hydrogens is 250 g/mol. The maximum atomic E-state index is 12.8. The van der Waals surface area contributed by atoms with E-state index in [4.69, 9.17) is 11.0 Å². The van der Waals surface area contributed by atoms with Gasteiger partial charge in [0.15, 0.2) is 0 Å². The molecule has 0 aliphatic heterocycles. The third kappa shape index (κ3) is 2.83. The Hall–Kier alpha value is -1.86. The molecule has 0 heterocycles. The summed E-state index contributed by atoms with van der Waals surface area (Å²) < 4.78 is 0. The molecule has 1 amide bonds. The van der Waals surface area contributed by atoms with Gasteiger partial charge in [0.25, 0.3) is 0 Å². The molecule has 2 unspecified atom stereocenters. The summed E-state index contributed by atoms with van der Waals surface area (Å²) in [5.74, 6) is 0.00732. The molecule has 2 atom stereocenters. The third-order valence-electron chi connectivity index (χ3n) is 4.28. The van der Waals surface area contributed by atoms with E-state index in [0.29, 0.717) is 6.54 Å². The molecule has 1 aromatic rings. The van der Waals surface area contributed by atoms with Crippen LogP contribution in [0.15, 0.2) is 30.3 Å². The highest BCUT2D eigenvalue weighted by atomic mass is 16.2. The number of hydrogen-bond donors (Lipinski definition) is 1. The van der Waals surface area contributed by atoms with E-state index < -0.39 is 5.41 Å². The Morgan fingerprint density at radius 3 is 2.75 bits per heavy atom. The van der Waals surface area contributed by atoms with Crippen LogP contribution >= 0.6 is 0 Å². The number of carbonyl (C=O) groups excluding carboxylic acids is 1. The average Bonchev–Trinajstić information content (AvgIpc) is 2.80. The van der Waals surface area contributed by atoms with Gasteiger partial charge in [-0.3, -0.25) is 4.79 Å². The summed E-state index contributed by atoms with van der Waals surface area (Å²) in [6, 6.07) is 11.7. The highest BCUT2D eigenvalue weighted by Crippen LogP contribution is 2.38. The molecule has 0 bridgehead atoms. The zero-order valence-electron chi connectivity index (χ0n) is 11.9. The van der Waals surface area contributed by atoms with E-state index in [1.54, 1.807) is 4.90 Å². The monoisotopic (exact) mass is 271 g/mol. The molecule has 2 N–H and O–H groups in total. The van der Waals surface area contributed by atoms with Crippen molar-refractivity contribution in [2.45, 2.75) is 38.8 Å². The summed E-state index contributed by atoms with van der Waals surface area (Å²) >= 11 is 0. The van der Waals surface area contributed by atoms with Crippen molar-refractivity contribution in [2.75, 3.05) is 6.54 Å². The molecule has 1 aliphatic rings. The van der Waals surface area contributed by atoms with Crippen LogP contribution < -0.4 is 5.73 Å².